The number of carbonyl (C=O) groups excluding carboxylic acids is 2. The molecule has 0 saturated heterocycles. The fourth-order valence-electron chi connectivity index (χ4n) is 4.41. The van der Waals surface area contributed by atoms with Crippen molar-refractivity contribution in [3.63, 3.8) is 0 Å². The van der Waals surface area contributed by atoms with Crippen LogP contribution in [0.5, 0.6) is 0 Å². The van der Waals surface area contributed by atoms with Crippen molar-refractivity contribution in [3.05, 3.63) is 83.0 Å². The van der Waals surface area contributed by atoms with Gasteiger partial charge in [-0.05, 0) is 62.9 Å². The molecule has 0 saturated carbocycles. The number of anilines is 1. The number of hydrogen-bond acceptors (Lipinski definition) is 5. The van der Waals surface area contributed by atoms with Gasteiger partial charge in [-0.25, -0.2) is 4.39 Å². The minimum Gasteiger partial charge on any atom is -0.358 e. The summed E-state index contributed by atoms with van der Waals surface area (Å²) >= 11 is 0. The van der Waals surface area contributed by atoms with Gasteiger partial charge in [-0.2, -0.15) is 10.6 Å². The number of nitrogens with zero attached hydrogens (tertiary/aromatic N) is 1. The average molecular weight is 577 g/mol. The van der Waals surface area contributed by atoms with Crippen LogP contribution in [0.15, 0.2) is 59.8 Å². The van der Waals surface area contributed by atoms with E-state index in [1.165, 1.54) is 12.2 Å². The quantitative estimate of drug-likeness (QED) is 0.156. The lowest BCUT2D eigenvalue weighted by atomic mass is 10.0. The molecule has 2 aromatic rings. The predicted molar refractivity (Wildman–Crippen MR) is 160 cm³/mol. The van der Waals surface area contributed by atoms with E-state index in [-0.39, 0.29) is 22.3 Å². The summed E-state index contributed by atoms with van der Waals surface area (Å²) in [5.41, 5.74) is 4.07. The number of halogens is 2. The second kappa shape index (κ2) is 14.8. The van der Waals surface area contributed by atoms with Crippen LogP contribution in [-0.2, 0) is 4.79 Å². The van der Waals surface area contributed by atoms with Gasteiger partial charge in [0.25, 0.3) is 11.8 Å². The Morgan fingerprint density at radius 3 is 2.50 bits per heavy atom. The molecule has 40 heavy (non-hydrogen) atoms. The van der Waals surface area contributed by atoms with Crippen molar-refractivity contribution in [2.45, 2.75) is 32.6 Å². The number of fused-ring (bicyclic) bond motifs is 1. The molecule has 8 nitrogen and oxygen atoms in total. The minimum atomic E-state index is -3.17. The molecular weight excluding hydrogens is 538 g/mol. The third kappa shape index (κ3) is 7.79. The largest absolute Gasteiger partial charge is 0.358 e. The molecule has 3 rings (SSSR count). The summed E-state index contributed by atoms with van der Waals surface area (Å²) in [6, 6.07) is 4.84. The highest BCUT2D eigenvalue weighted by Crippen LogP contribution is 2.50. The third-order valence-corrected chi connectivity index (χ3v) is 8.29. The summed E-state index contributed by atoms with van der Waals surface area (Å²) < 4.78 is 33.5. The van der Waals surface area contributed by atoms with Gasteiger partial charge in [-0.3, -0.25) is 23.4 Å². The number of aryl methyl sites for hydroxylation is 1. The molecule has 218 valence electrons. The average Bonchev–Trinajstić information content (AvgIpc) is 3.37. The molecule has 0 aliphatic carbocycles. The summed E-state index contributed by atoms with van der Waals surface area (Å²) in [5.74, 6) is -0.520. The Kier molecular flexibility index (Phi) is 12.1. The normalized spacial score (nSPS) is 14.9. The molecule has 0 atom stereocenters. The van der Waals surface area contributed by atoms with Crippen molar-refractivity contribution in [1.29, 1.82) is 0 Å². The Morgan fingerprint density at radius 2 is 1.82 bits per heavy atom. The van der Waals surface area contributed by atoms with Crippen molar-refractivity contribution < 1.29 is 27.8 Å². The Labute approximate surface area is 235 Å². The summed E-state index contributed by atoms with van der Waals surface area (Å²) in [6.07, 6.45) is 9.57. The summed E-state index contributed by atoms with van der Waals surface area (Å²) in [4.78, 5) is 31.5. The van der Waals surface area contributed by atoms with E-state index in [4.69, 9.17) is 0 Å². The van der Waals surface area contributed by atoms with E-state index in [2.05, 4.69) is 34.4 Å². The lowest BCUT2D eigenvalue weighted by Gasteiger charge is -2.31. The molecule has 0 bridgehead atoms. The smallest absolute Gasteiger partial charge is 0.256 e. The first-order chi connectivity index (χ1) is 18.6. The van der Waals surface area contributed by atoms with Gasteiger partial charge < -0.3 is 20.5 Å². The van der Waals surface area contributed by atoms with Crippen molar-refractivity contribution in [2.75, 3.05) is 37.2 Å². The second-order valence-electron chi connectivity index (χ2n) is 9.13. The number of likely N-dealkylation sites (N-methyl/N-ethyl adjacent to an activating group) is 1. The first-order valence-corrected chi connectivity index (χ1v) is 14.6. The minimum absolute atomic E-state index is 0. The number of allylic oxidation sites excluding steroid dienone is 4. The van der Waals surface area contributed by atoms with Crippen LogP contribution >= 0.6 is 10.6 Å². The summed E-state index contributed by atoms with van der Waals surface area (Å²) in [6.45, 7) is 11.0. The van der Waals surface area contributed by atoms with Crippen LogP contribution in [0.3, 0.4) is 0 Å². The maximum Gasteiger partial charge on any atom is 0.256 e. The van der Waals surface area contributed by atoms with Gasteiger partial charge in [0, 0.05) is 35.7 Å². The van der Waals surface area contributed by atoms with E-state index in [9.17, 15) is 23.1 Å². The second-order valence-corrected chi connectivity index (χ2v) is 11.3. The van der Waals surface area contributed by atoms with Crippen LogP contribution in [0.4, 0.5) is 14.8 Å². The molecule has 0 unspecified atom stereocenters. The van der Waals surface area contributed by atoms with Crippen molar-refractivity contribution in [3.8, 4) is 0 Å². The predicted octanol–water partition coefficient (Wildman–Crippen LogP) is 6.05. The summed E-state index contributed by atoms with van der Waals surface area (Å²) in [7, 11) is -3.17. The molecule has 2 heterocycles. The van der Waals surface area contributed by atoms with Gasteiger partial charge in [-0.15, -0.1) is 0 Å². The highest BCUT2D eigenvalue weighted by molar-refractivity contribution is 8.24. The van der Waals surface area contributed by atoms with E-state index in [1.807, 2.05) is 13.8 Å². The number of amides is 2. The van der Waals surface area contributed by atoms with Crippen LogP contribution in [-0.4, -0.2) is 62.7 Å². The van der Waals surface area contributed by atoms with Crippen LogP contribution < -0.4 is 10.6 Å². The highest BCUT2D eigenvalue weighted by atomic mass is 32.3. The van der Waals surface area contributed by atoms with E-state index in [0.29, 0.717) is 51.5 Å². The number of aromatic amines is 1. The fraction of sp³-hybridized carbons (Fsp3) is 0.310. The van der Waals surface area contributed by atoms with E-state index in [0.717, 1.165) is 25.2 Å². The maximum atomic E-state index is 12.9. The lowest BCUT2D eigenvalue weighted by molar-refractivity contribution is -0.110. The Balaban J connectivity index is 0.00000560. The number of nitrogens with one attached hydrogen (secondary N) is 3. The SMILES string of the molecule is CCN(CC)CCNC(=O)c1c(C)[nH]c(/C=C2\C(=O)Nc3ccc(S(O)(O)C/C=C/C=C\C=C\F)cc32)c1C.F. The third-order valence-electron chi connectivity index (χ3n) is 6.62. The topological polar surface area (TPSA) is 118 Å². The number of carbonyl (C=O) groups is 2. The molecule has 0 radical (unpaired) electrons. The number of benzene rings is 1. The molecule has 1 aromatic carbocycles. The van der Waals surface area contributed by atoms with E-state index >= 15 is 0 Å². The van der Waals surface area contributed by atoms with Gasteiger partial charge in [0.05, 0.1) is 28.1 Å². The molecule has 1 aromatic heterocycles. The standard InChI is InChI=1S/C29H37FN4O4S.FH/c1-5-34(6-2)16-15-31-29(36)27-20(3)26(32-21(27)4)19-24-23-18-22(12-13-25(23)33-28(24)35)39(37,38)17-11-9-7-8-10-14-30;/h7-14,18-19,32,37-38H,5-6,15-17H2,1-4H3,(H,31,36)(H,33,35);1H/b8-7-,11-9+,14-10+,24-19-;. The van der Waals surface area contributed by atoms with Crippen molar-refractivity contribution in [1.82, 2.24) is 15.2 Å². The Hall–Kier alpha value is -3.51. The zero-order valence-electron chi connectivity index (χ0n) is 23.2. The first kappa shape index (κ1) is 32.7. The van der Waals surface area contributed by atoms with Gasteiger partial charge in [0.2, 0.25) is 0 Å². The van der Waals surface area contributed by atoms with Crippen molar-refractivity contribution >= 4 is 39.7 Å². The van der Waals surface area contributed by atoms with E-state index < -0.39 is 10.6 Å². The van der Waals surface area contributed by atoms with E-state index in [1.54, 1.807) is 42.5 Å². The van der Waals surface area contributed by atoms with Crippen LogP contribution in [0.2, 0.25) is 0 Å². The van der Waals surface area contributed by atoms with Gasteiger partial charge in [0.1, 0.15) is 0 Å². The van der Waals surface area contributed by atoms with Crippen LogP contribution in [0.25, 0.3) is 11.6 Å². The lowest BCUT2D eigenvalue weighted by Crippen LogP contribution is -2.35. The molecule has 0 spiro atoms. The zero-order chi connectivity index (χ0) is 28.6. The number of aromatic nitrogens is 1. The van der Waals surface area contributed by atoms with Gasteiger partial charge in [-0.1, -0.05) is 38.2 Å². The van der Waals surface area contributed by atoms with Gasteiger partial charge >= 0.3 is 0 Å². The zero-order valence-corrected chi connectivity index (χ0v) is 24.0. The first-order valence-electron chi connectivity index (χ1n) is 12.8. The van der Waals surface area contributed by atoms with Crippen LogP contribution in [0, 0.1) is 13.8 Å². The van der Waals surface area contributed by atoms with Crippen molar-refractivity contribution in [2.24, 2.45) is 0 Å². The Morgan fingerprint density at radius 1 is 1.12 bits per heavy atom. The highest BCUT2D eigenvalue weighted by Gasteiger charge is 2.28. The molecule has 2 amide bonds. The molecule has 0 fully saturated rings. The number of rotatable bonds is 12. The number of hydrogen-bond donors (Lipinski definition) is 5. The maximum absolute atomic E-state index is 12.9. The molecular formula is C29H38F2N4O4S. The molecule has 1 aliphatic heterocycles. The molecule has 1 aliphatic rings. The summed E-state index contributed by atoms with van der Waals surface area (Å²) in [5, 5.41) is 5.80. The fourth-order valence-corrected chi connectivity index (χ4v) is 5.57. The molecule has 11 heteroatoms. The molecule has 5 N–H and O–H groups in total. The number of H-pyrrole nitrogens is 1. The van der Waals surface area contributed by atoms with Crippen LogP contribution in [0.1, 0.15) is 46.7 Å². The van der Waals surface area contributed by atoms with Gasteiger partial charge in [0.15, 0.2) is 0 Å². The Bertz CT molecular complexity index is 1330. The monoisotopic (exact) mass is 576 g/mol.